The van der Waals surface area contributed by atoms with E-state index in [1.165, 1.54) is 11.3 Å². The van der Waals surface area contributed by atoms with Crippen molar-refractivity contribution in [3.05, 3.63) is 51.5 Å². The van der Waals surface area contributed by atoms with Gasteiger partial charge in [0.2, 0.25) is 0 Å². The van der Waals surface area contributed by atoms with Crippen LogP contribution in [0.3, 0.4) is 0 Å². The molecule has 1 atom stereocenters. The van der Waals surface area contributed by atoms with Crippen LogP contribution >= 0.6 is 11.3 Å². The van der Waals surface area contributed by atoms with E-state index in [4.69, 9.17) is 9.84 Å². The molecule has 2 rings (SSSR count). The van der Waals surface area contributed by atoms with Crippen LogP contribution in [-0.2, 0) is 16.1 Å². The molecule has 1 heterocycles. The number of ether oxygens (including phenoxy) is 1. The highest BCUT2D eigenvalue weighted by atomic mass is 32.1. The van der Waals surface area contributed by atoms with Crippen molar-refractivity contribution >= 4 is 23.2 Å². The minimum Gasteiger partial charge on any atom is -0.481 e. The number of methoxy groups -OCH3 is 1. The molecule has 1 aromatic carbocycles. The number of thiazole rings is 1. The third-order valence-electron chi connectivity index (χ3n) is 3.20. The van der Waals surface area contributed by atoms with Crippen LogP contribution in [0.2, 0.25) is 0 Å². The minimum absolute atomic E-state index is 0.182. The van der Waals surface area contributed by atoms with Crippen LogP contribution in [0.15, 0.2) is 30.3 Å². The Kier molecular flexibility index (Phi) is 5.84. The fourth-order valence-corrected chi connectivity index (χ4v) is 3.12. The van der Waals surface area contributed by atoms with Gasteiger partial charge >= 0.3 is 5.97 Å². The standard InChI is InChI=1S/C16H18N2O4S/c1-10-15(23-13(17-10)9-22-2)16(21)18-12(8-14(19)20)11-6-4-3-5-7-11/h3-7,12H,8-9H2,1-2H3,(H,18,21)(H,19,20). The Morgan fingerprint density at radius 2 is 2.04 bits per heavy atom. The molecular formula is C16H18N2O4S. The van der Waals surface area contributed by atoms with Crippen LogP contribution in [0.5, 0.6) is 0 Å². The molecule has 0 aliphatic heterocycles. The number of aryl methyl sites for hydroxylation is 1. The molecule has 0 fully saturated rings. The largest absolute Gasteiger partial charge is 0.481 e. The third-order valence-corrected chi connectivity index (χ3v) is 4.33. The van der Waals surface area contributed by atoms with Gasteiger partial charge < -0.3 is 15.2 Å². The van der Waals surface area contributed by atoms with E-state index < -0.39 is 12.0 Å². The normalized spacial score (nSPS) is 11.9. The van der Waals surface area contributed by atoms with Gasteiger partial charge in [0.1, 0.15) is 9.88 Å². The summed E-state index contributed by atoms with van der Waals surface area (Å²) in [7, 11) is 1.56. The Bertz CT molecular complexity index is 685. The molecule has 2 aromatic rings. The summed E-state index contributed by atoms with van der Waals surface area (Å²) in [4.78, 5) is 28.3. The molecule has 1 amide bonds. The first kappa shape index (κ1) is 17.1. The Labute approximate surface area is 138 Å². The average molecular weight is 334 g/mol. The summed E-state index contributed by atoms with van der Waals surface area (Å²) in [5.74, 6) is -1.29. The number of amides is 1. The monoisotopic (exact) mass is 334 g/mol. The number of aliphatic carboxylic acids is 1. The Morgan fingerprint density at radius 3 is 2.65 bits per heavy atom. The van der Waals surface area contributed by atoms with E-state index in [9.17, 15) is 9.59 Å². The topological polar surface area (TPSA) is 88.5 Å². The molecule has 23 heavy (non-hydrogen) atoms. The van der Waals surface area contributed by atoms with Crippen LogP contribution in [0.25, 0.3) is 0 Å². The highest BCUT2D eigenvalue weighted by Gasteiger charge is 2.22. The van der Waals surface area contributed by atoms with Gasteiger partial charge in [0.25, 0.3) is 5.91 Å². The number of rotatable bonds is 7. The zero-order valence-corrected chi connectivity index (χ0v) is 13.7. The molecule has 0 aliphatic rings. The fraction of sp³-hybridized carbons (Fsp3) is 0.312. The molecule has 2 N–H and O–H groups in total. The highest BCUT2D eigenvalue weighted by molar-refractivity contribution is 7.13. The van der Waals surface area contributed by atoms with Crippen molar-refractivity contribution in [2.45, 2.75) is 26.0 Å². The van der Waals surface area contributed by atoms with Crippen molar-refractivity contribution in [2.24, 2.45) is 0 Å². The summed E-state index contributed by atoms with van der Waals surface area (Å²) in [5, 5.41) is 12.6. The maximum absolute atomic E-state index is 12.5. The number of carbonyl (C=O) groups excluding carboxylic acids is 1. The lowest BCUT2D eigenvalue weighted by Gasteiger charge is -2.17. The van der Waals surface area contributed by atoms with E-state index in [2.05, 4.69) is 10.3 Å². The zero-order valence-electron chi connectivity index (χ0n) is 12.9. The molecule has 0 bridgehead atoms. The lowest BCUT2D eigenvalue weighted by Crippen LogP contribution is -2.30. The molecule has 122 valence electrons. The second-order valence-electron chi connectivity index (χ2n) is 4.99. The first-order valence-corrected chi connectivity index (χ1v) is 7.85. The van der Waals surface area contributed by atoms with Crippen LogP contribution in [0.1, 0.15) is 38.4 Å². The first-order valence-electron chi connectivity index (χ1n) is 7.04. The summed E-state index contributed by atoms with van der Waals surface area (Å²) in [5.41, 5.74) is 1.37. The number of carboxylic acid groups (broad SMARTS) is 1. The van der Waals surface area contributed by atoms with Crippen molar-refractivity contribution < 1.29 is 19.4 Å². The number of carboxylic acids is 1. The molecule has 1 unspecified atom stereocenters. The summed E-state index contributed by atoms with van der Waals surface area (Å²) >= 11 is 1.25. The van der Waals surface area contributed by atoms with E-state index in [0.29, 0.717) is 22.2 Å². The molecule has 0 saturated carbocycles. The van der Waals surface area contributed by atoms with Gasteiger partial charge in [-0.15, -0.1) is 11.3 Å². The maximum Gasteiger partial charge on any atom is 0.305 e. The van der Waals surface area contributed by atoms with Gasteiger partial charge in [0.15, 0.2) is 0 Å². The second kappa shape index (κ2) is 7.85. The smallest absolute Gasteiger partial charge is 0.305 e. The van der Waals surface area contributed by atoms with Crippen molar-refractivity contribution in [1.82, 2.24) is 10.3 Å². The van der Waals surface area contributed by atoms with Gasteiger partial charge in [0, 0.05) is 7.11 Å². The minimum atomic E-state index is -0.972. The van der Waals surface area contributed by atoms with Crippen molar-refractivity contribution in [2.75, 3.05) is 7.11 Å². The summed E-state index contributed by atoms with van der Waals surface area (Å²) < 4.78 is 5.02. The lowest BCUT2D eigenvalue weighted by molar-refractivity contribution is -0.137. The number of benzene rings is 1. The van der Waals surface area contributed by atoms with Crippen molar-refractivity contribution in [1.29, 1.82) is 0 Å². The summed E-state index contributed by atoms with van der Waals surface area (Å²) in [6, 6.07) is 8.46. The molecule has 1 aromatic heterocycles. The van der Waals surface area contributed by atoms with Crippen molar-refractivity contribution in [3.8, 4) is 0 Å². The molecular weight excluding hydrogens is 316 g/mol. The lowest BCUT2D eigenvalue weighted by atomic mass is 10.0. The number of nitrogens with one attached hydrogen (secondary N) is 1. The van der Waals surface area contributed by atoms with E-state index >= 15 is 0 Å². The molecule has 0 aliphatic carbocycles. The predicted octanol–water partition coefficient (Wildman–Crippen LogP) is 2.54. The number of hydrogen-bond acceptors (Lipinski definition) is 5. The number of hydrogen-bond donors (Lipinski definition) is 2. The number of aromatic nitrogens is 1. The average Bonchev–Trinajstić information content (AvgIpc) is 2.88. The van der Waals surface area contributed by atoms with Crippen LogP contribution < -0.4 is 5.32 Å². The first-order chi connectivity index (χ1) is 11.0. The van der Waals surface area contributed by atoms with E-state index in [1.54, 1.807) is 26.2 Å². The SMILES string of the molecule is COCc1nc(C)c(C(=O)NC(CC(=O)O)c2ccccc2)s1. The maximum atomic E-state index is 12.5. The van der Waals surface area contributed by atoms with E-state index in [0.717, 1.165) is 5.56 Å². The van der Waals surface area contributed by atoms with Gasteiger partial charge in [-0.25, -0.2) is 4.98 Å². The van der Waals surface area contributed by atoms with Crippen LogP contribution in [0, 0.1) is 6.92 Å². The molecule has 0 saturated heterocycles. The third kappa shape index (κ3) is 4.61. The Balaban J connectivity index is 2.19. The van der Waals surface area contributed by atoms with Crippen LogP contribution in [0.4, 0.5) is 0 Å². The predicted molar refractivity (Wildman–Crippen MR) is 86.5 cm³/mol. The molecule has 6 nitrogen and oxygen atoms in total. The summed E-state index contributed by atoms with van der Waals surface area (Å²) in [6.45, 7) is 2.09. The van der Waals surface area contributed by atoms with Crippen molar-refractivity contribution in [3.63, 3.8) is 0 Å². The van der Waals surface area contributed by atoms with Gasteiger partial charge in [-0.05, 0) is 12.5 Å². The highest BCUT2D eigenvalue weighted by Crippen LogP contribution is 2.22. The quantitative estimate of drug-likeness (QED) is 0.812. The van der Waals surface area contributed by atoms with Gasteiger partial charge in [0.05, 0.1) is 24.8 Å². The number of nitrogens with zero attached hydrogens (tertiary/aromatic N) is 1. The fourth-order valence-electron chi connectivity index (χ4n) is 2.18. The Morgan fingerprint density at radius 1 is 1.35 bits per heavy atom. The zero-order chi connectivity index (χ0) is 16.8. The molecule has 0 spiro atoms. The number of carbonyl (C=O) groups is 2. The molecule has 7 heteroatoms. The van der Waals surface area contributed by atoms with E-state index in [1.807, 2.05) is 18.2 Å². The van der Waals surface area contributed by atoms with Gasteiger partial charge in [-0.1, -0.05) is 30.3 Å². The second-order valence-corrected chi connectivity index (χ2v) is 6.07. The van der Waals surface area contributed by atoms with Gasteiger partial charge in [-0.2, -0.15) is 0 Å². The van der Waals surface area contributed by atoms with Crippen LogP contribution in [-0.4, -0.2) is 29.1 Å². The Hall–Kier alpha value is -2.25. The van der Waals surface area contributed by atoms with Gasteiger partial charge in [-0.3, -0.25) is 9.59 Å². The molecule has 0 radical (unpaired) electrons. The van der Waals surface area contributed by atoms with E-state index in [-0.39, 0.29) is 12.3 Å². The summed E-state index contributed by atoms with van der Waals surface area (Å²) in [6.07, 6.45) is -0.182.